The monoisotopic (exact) mass is 352 g/mol. The molecular weight excluding hydrogens is 332 g/mol. The summed E-state index contributed by atoms with van der Waals surface area (Å²) in [7, 11) is 0. The Balaban J connectivity index is 1.73. The second-order valence-corrected chi connectivity index (χ2v) is 6.34. The van der Waals surface area contributed by atoms with Crippen LogP contribution in [-0.4, -0.2) is 24.5 Å². The van der Waals surface area contributed by atoms with Crippen LogP contribution in [0.5, 0.6) is 11.5 Å². The number of aryl methyl sites for hydroxylation is 1. The summed E-state index contributed by atoms with van der Waals surface area (Å²) in [4.78, 5) is 24.0. The molecule has 2 aromatic carbocycles. The quantitative estimate of drug-likeness (QED) is 0.602. The molecule has 0 bridgehead atoms. The summed E-state index contributed by atoms with van der Waals surface area (Å²) in [6.45, 7) is 5.34. The number of esters is 1. The van der Waals surface area contributed by atoms with Crippen molar-refractivity contribution in [1.82, 2.24) is 0 Å². The summed E-state index contributed by atoms with van der Waals surface area (Å²) in [6, 6.07) is 12.7. The van der Waals surface area contributed by atoms with Crippen molar-refractivity contribution >= 4 is 17.8 Å². The molecule has 0 spiro atoms. The maximum atomic E-state index is 12.5. The summed E-state index contributed by atoms with van der Waals surface area (Å²) in [5, 5.41) is 0. The normalized spacial score (nSPS) is 14.3. The van der Waals surface area contributed by atoms with Gasteiger partial charge in [-0.15, -0.1) is 0 Å². The minimum absolute atomic E-state index is 0.174. The first kappa shape index (κ1) is 17.7. The van der Waals surface area contributed by atoms with Crippen LogP contribution in [0.25, 0.3) is 6.08 Å². The molecule has 1 aliphatic heterocycles. The van der Waals surface area contributed by atoms with Crippen LogP contribution in [0.3, 0.4) is 0 Å². The lowest BCUT2D eigenvalue weighted by Crippen LogP contribution is -2.18. The number of allylic oxidation sites excluding steroid dienone is 1. The Bertz CT molecular complexity index is 880. The molecule has 26 heavy (non-hydrogen) atoms. The van der Waals surface area contributed by atoms with Gasteiger partial charge in [0.1, 0.15) is 11.5 Å². The SMILES string of the molecule is Cc1cccc(/C=C2\Oc3cc(OCC(=O)OC(C)C)ccc3C2=O)c1. The number of ketones is 1. The highest BCUT2D eigenvalue weighted by Gasteiger charge is 2.27. The van der Waals surface area contributed by atoms with Gasteiger partial charge in [0.15, 0.2) is 12.4 Å². The summed E-state index contributed by atoms with van der Waals surface area (Å²) < 4.78 is 16.1. The third kappa shape index (κ3) is 4.11. The van der Waals surface area contributed by atoms with Crippen molar-refractivity contribution in [3.05, 3.63) is 64.9 Å². The first-order chi connectivity index (χ1) is 12.4. The number of rotatable bonds is 5. The molecule has 0 saturated carbocycles. The van der Waals surface area contributed by atoms with Crippen LogP contribution < -0.4 is 9.47 Å². The van der Waals surface area contributed by atoms with E-state index in [1.807, 2.05) is 31.2 Å². The summed E-state index contributed by atoms with van der Waals surface area (Å²) in [5.41, 5.74) is 2.47. The molecule has 0 fully saturated rings. The fourth-order valence-electron chi connectivity index (χ4n) is 2.61. The minimum Gasteiger partial charge on any atom is -0.482 e. The van der Waals surface area contributed by atoms with Gasteiger partial charge >= 0.3 is 5.97 Å². The zero-order valence-corrected chi connectivity index (χ0v) is 14.9. The van der Waals surface area contributed by atoms with E-state index in [2.05, 4.69) is 0 Å². The Morgan fingerprint density at radius 3 is 2.73 bits per heavy atom. The molecule has 0 saturated heterocycles. The van der Waals surface area contributed by atoms with Gasteiger partial charge in [0.05, 0.1) is 11.7 Å². The zero-order valence-electron chi connectivity index (χ0n) is 14.9. The fourth-order valence-corrected chi connectivity index (χ4v) is 2.61. The molecule has 1 aliphatic rings. The van der Waals surface area contributed by atoms with Crippen LogP contribution in [0.4, 0.5) is 0 Å². The van der Waals surface area contributed by atoms with Gasteiger partial charge in [0.2, 0.25) is 5.78 Å². The average molecular weight is 352 g/mol. The van der Waals surface area contributed by atoms with Crippen molar-refractivity contribution in [3.8, 4) is 11.5 Å². The number of hydrogen-bond acceptors (Lipinski definition) is 5. The third-order valence-corrected chi connectivity index (χ3v) is 3.71. The molecule has 5 heteroatoms. The predicted molar refractivity (Wildman–Crippen MR) is 97.3 cm³/mol. The van der Waals surface area contributed by atoms with Crippen molar-refractivity contribution in [2.45, 2.75) is 26.9 Å². The molecule has 1 heterocycles. The Morgan fingerprint density at radius 1 is 1.19 bits per heavy atom. The number of carbonyl (C=O) groups is 2. The maximum Gasteiger partial charge on any atom is 0.344 e. The zero-order chi connectivity index (χ0) is 18.7. The van der Waals surface area contributed by atoms with Gasteiger partial charge in [0, 0.05) is 6.07 Å². The highest BCUT2D eigenvalue weighted by molar-refractivity contribution is 6.14. The second-order valence-electron chi connectivity index (χ2n) is 6.34. The van der Waals surface area contributed by atoms with Gasteiger partial charge in [-0.25, -0.2) is 4.79 Å². The molecular formula is C21H20O5. The van der Waals surface area contributed by atoms with Gasteiger partial charge in [-0.2, -0.15) is 0 Å². The lowest BCUT2D eigenvalue weighted by molar-refractivity contribution is -0.149. The topological polar surface area (TPSA) is 61.8 Å². The third-order valence-electron chi connectivity index (χ3n) is 3.71. The van der Waals surface area contributed by atoms with Gasteiger partial charge < -0.3 is 14.2 Å². The van der Waals surface area contributed by atoms with Crippen molar-refractivity contribution in [1.29, 1.82) is 0 Å². The van der Waals surface area contributed by atoms with E-state index >= 15 is 0 Å². The molecule has 134 valence electrons. The van der Waals surface area contributed by atoms with Crippen LogP contribution in [-0.2, 0) is 9.53 Å². The van der Waals surface area contributed by atoms with E-state index in [9.17, 15) is 9.59 Å². The van der Waals surface area contributed by atoms with E-state index in [1.54, 1.807) is 38.1 Å². The lowest BCUT2D eigenvalue weighted by Gasteiger charge is -2.09. The number of ether oxygens (including phenoxy) is 3. The van der Waals surface area contributed by atoms with E-state index in [0.29, 0.717) is 17.1 Å². The van der Waals surface area contributed by atoms with Gasteiger partial charge in [0.25, 0.3) is 0 Å². The summed E-state index contributed by atoms with van der Waals surface area (Å²) in [6.07, 6.45) is 1.52. The number of Topliss-reactive ketones (excluding diaryl/α,β-unsaturated/α-hetero) is 1. The van der Waals surface area contributed by atoms with Gasteiger partial charge in [-0.3, -0.25) is 4.79 Å². The van der Waals surface area contributed by atoms with Crippen LogP contribution in [0.15, 0.2) is 48.2 Å². The van der Waals surface area contributed by atoms with Gasteiger partial charge in [-0.1, -0.05) is 29.8 Å². The molecule has 2 aromatic rings. The van der Waals surface area contributed by atoms with Crippen LogP contribution in [0, 0.1) is 6.92 Å². The van der Waals surface area contributed by atoms with Gasteiger partial charge in [-0.05, 0) is 44.5 Å². The number of benzene rings is 2. The lowest BCUT2D eigenvalue weighted by atomic mass is 10.1. The Morgan fingerprint density at radius 2 is 2.00 bits per heavy atom. The number of hydrogen-bond donors (Lipinski definition) is 0. The molecule has 0 aliphatic carbocycles. The smallest absolute Gasteiger partial charge is 0.344 e. The molecule has 3 rings (SSSR count). The first-order valence-electron chi connectivity index (χ1n) is 8.39. The molecule has 0 N–H and O–H groups in total. The first-order valence-corrected chi connectivity index (χ1v) is 8.39. The van der Waals surface area contributed by atoms with Crippen LogP contribution >= 0.6 is 0 Å². The molecule has 5 nitrogen and oxygen atoms in total. The van der Waals surface area contributed by atoms with Crippen LogP contribution in [0.1, 0.15) is 35.3 Å². The Kier molecular flexibility index (Phi) is 5.07. The molecule has 0 unspecified atom stereocenters. The molecule has 0 aromatic heterocycles. The van der Waals surface area contributed by atoms with Crippen molar-refractivity contribution < 1.29 is 23.8 Å². The van der Waals surface area contributed by atoms with Crippen LogP contribution in [0.2, 0.25) is 0 Å². The standard InChI is InChI=1S/C21H20O5/c1-13(2)25-20(22)12-24-16-7-8-17-18(11-16)26-19(21(17)23)10-15-6-4-5-14(3)9-15/h4-11,13H,12H2,1-3H3/b19-10-. The number of carbonyl (C=O) groups excluding carboxylic acids is 2. The highest BCUT2D eigenvalue weighted by Crippen LogP contribution is 2.34. The van der Waals surface area contributed by atoms with Crippen molar-refractivity contribution in [2.24, 2.45) is 0 Å². The van der Waals surface area contributed by atoms with E-state index in [0.717, 1.165) is 11.1 Å². The Hall–Kier alpha value is -3.08. The Labute approximate surface area is 152 Å². The fraction of sp³-hybridized carbons (Fsp3) is 0.238. The molecule has 0 radical (unpaired) electrons. The molecule has 0 atom stereocenters. The van der Waals surface area contributed by atoms with E-state index in [-0.39, 0.29) is 24.3 Å². The molecule has 0 amide bonds. The minimum atomic E-state index is -0.447. The average Bonchev–Trinajstić information content (AvgIpc) is 2.88. The summed E-state index contributed by atoms with van der Waals surface area (Å²) in [5.74, 6) is 0.504. The van der Waals surface area contributed by atoms with E-state index < -0.39 is 5.97 Å². The second kappa shape index (κ2) is 7.44. The number of fused-ring (bicyclic) bond motifs is 1. The van der Waals surface area contributed by atoms with E-state index in [4.69, 9.17) is 14.2 Å². The summed E-state index contributed by atoms with van der Waals surface area (Å²) >= 11 is 0. The van der Waals surface area contributed by atoms with Crippen molar-refractivity contribution in [2.75, 3.05) is 6.61 Å². The van der Waals surface area contributed by atoms with E-state index in [1.165, 1.54) is 0 Å². The van der Waals surface area contributed by atoms with Crippen molar-refractivity contribution in [3.63, 3.8) is 0 Å². The predicted octanol–water partition coefficient (Wildman–Crippen LogP) is 3.94. The largest absolute Gasteiger partial charge is 0.482 e. The highest BCUT2D eigenvalue weighted by atomic mass is 16.6. The maximum absolute atomic E-state index is 12.5.